The highest BCUT2D eigenvalue weighted by Gasteiger charge is 2.13. The Morgan fingerprint density at radius 3 is 2.69 bits per heavy atom. The molecule has 0 saturated carbocycles. The van der Waals surface area contributed by atoms with Crippen LogP contribution in [0.3, 0.4) is 0 Å². The molecule has 0 aliphatic heterocycles. The van der Waals surface area contributed by atoms with E-state index in [1.807, 2.05) is 17.8 Å². The SMILES string of the molecule is Cn1ccnc1Cn1cnc(S(=O)(=O)Cl)c1. The number of aryl methyl sites for hydroxylation is 1. The van der Waals surface area contributed by atoms with Gasteiger partial charge in [-0.2, -0.15) is 0 Å². The molecule has 2 heterocycles. The Labute approximate surface area is 96.9 Å². The quantitative estimate of drug-likeness (QED) is 0.758. The van der Waals surface area contributed by atoms with Gasteiger partial charge in [0.25, 0.3) is 9.05 Å². The first kappa shape index (κ1) is 11.2. The summed E-state index contributed by atoms with van der Waals surface area (Å²) < 4.78 is 25.4. The van der Waals surface area contributed by atoms with Gasteiger partial charge < -0.3 is 9.13 Å². The van der Waals surface area contributed by atoms with E-state index in [1.165, 1.54) is 12.5 Å². The van der Waals surface area contributed by atoms with Crippen LogP contribution in [-0.2, 0) is 22.6 Å². The monoisotopic (exact) mass is 260 g/mol. The molecule has 0 aromatic carbocycles. The lowest BCUT2D eigenvalue weighted by Crippen LogP contribution is -2.03. The molecule has 0 saturated heterocycles. The minimum absolute atomic E-state index is 0.150. The molecule has 0 unspecified atom stereocenters. The van der Waals surface area contributed by atoms with Crippen molar-refractivity contribution in [2.24, 2.45) is 7.05 Å². The Morgan fingerprint density at radius 1 is 1.44 bits per heavy atom. The maximum Gasteiger partial charge on any atom is 0.280 e. The maximum absolute atomic E-state index is 11.0. The van der Waals surface area contributed by atoms with Crippen LogP contribution in [0.25, 0.3) is 0 Å². The lowest BCUT2D eigenvalue weighted by atomic mass is 10.6. The molecule has 0 radical (unpaired) electrons. The number of rotatable bonds is 3. The Balaban J connectivity index is 2.25. The summed E-state index contributed by atoms with van der Waals surface area (Å²) in [4.78, 5) is 7.82. The van der Waals surface area contributed by atoms with Gasteiger partial charge in [-0.1, -0.05) is 0 Å². The van der Waals surface area contributed by atoms with Crippen LogP contribution >= 0.6 is 10.7 Å². The van der Waals surface area contributed by atoms with Crippen LogP contribution in [0.1, 0.15) is 5.82 Å². The van der Waals surface area contributed by atoms with Gasteiger partial charge in [0.05, 0.1) is 12.9 Å². The predicted octanol–water partition coefficient (Wildman–Crippen LogP) is 0.592. The van der Waals surface area contributed by atoms with Crippen molar-refractivity contribution in [1.82, 2.24) is 19.1 Å². The zero-order valence-corrected chi connectivity index (χ0v) is 9.98. The van der Waals surface area contributed by atoms with Gasteiger partial charge in [0.1, 0.15) is 5.82 Å². The second-order valence-electron chi connectivity index (χ2n) is 3.28. The zero-order valence-electron chi connectivity index (χ0n) is 8.41. The van der Waals surface area contributed by atoms with Gasteiger partial charge >= 0.3 is 0 Å². The Bertz CT molecular complexity index is 601. The van der Waals surface area contributed by atoms with Gasteiger partial charge in [-0.15, -0.1) is 0 Å². The van der Waals surface area contributed by atoms with E-state index in [9.17, 15) is 8.42 Å². The van der Waals surface area contributed by atoms with Gasteiger partial charge in [0, 0.05) is 36.3 Å². The Kier molecular flexibility index (Phi) is 2.73. The van der Waals surface area contributed by atoms with Crippen molar-refractivity contribution in [3.63, 3.8) is 0 Å². The first-order valence-electron chi connectivity index (χ1n) is 4.39. The molecular weight excluding hydrogens is 252 g/mol. The fourth-order valence-electron chi connectivity index (χ4n) is 1.26. The van der Waals surface area contributed by atoms with Crippen molar-refractivity contribution in [3.8, 4) is 0 Å². The number of aromatic nitrogens is 4. The molecule has 86 valence electrons. The summed E-state index contributed by atoms with van der Waals surface area (Å²) in [5, 5.41) is -0.150. The molecule has 0 atom stereocenters. The van der Waals surface area contributed by atoms with E-state index in [0.29, 0.717) is 6.54 Å². The highest BCUT2D eigenvalue weighted by Crippen LogP contribution is 2.11. The van der Waals surface area contributed by atoms with Crippen LogP contribution in [0, 0.1) is 0 Å². The fourth-order valence-corrected chi connectivity index (χ4v) is 1.94. The Hall–Kier alpha value is -1.34. The van der Waals surface area contributed by atoms with Crippen molar-refractivity contribution in [1.29, 1.82) is 0 Å². The lowest BCUT2D eigenvalue weighted by Gasteiger charge is -2.01. The molecule has 0 N–H and O–H groups in total. The summed E-state index contributed by atoms with van der Waals surface area (Å²) in [7, 11) is 3.26. The standard InChI is InChI=1S/C8H9ClN4O2S/c1-12-3-2-10-7(12)4-13-5-8(11-6-13)16(9,14)15/h2-3,5-6H,4H2,1H3. The van der Waals surface area contributed by atoms with Crippen LogP contribution in [0.4, 0.5) is 0 Å². The molecule has 0 aliphatic rings. The first-order chi connectivity index (χ1) is 7.47. The van der Waals surface area contributed by atoms with E-state index in [4.69, 9.17) is 10.7 Å². The number of hydrogen-bond donors (Lipinski definition) is 0. The Morgan fingerprint density at radius 2 is 2.19 bits per heavy atom. The topological polar surface area (TPSA) is 69.8 Å². The third kappa shape index (κ3) is 2.25. The molecular formula is C8H9ClN4O2S. The summed E-state index contributed by atoms with van der Waals surface area (Å²) in [5.41, 5.74) is 0. The minimum atomic E-state index is -3.76. The second kappa shape index (κ2) is 3.91. The van der Waals surface area contributed by atoms with Crippen molar-refractivity contribution in [3.05, 3.63) is 30.7 Å². The highest BCUT2D eigenvalue weighted by atomic mass is 35.7. The van der Waals surface area contributed by atoms with E-state index in [2.05, 4.69) is 9.97 Å². The smallest absolute Gasteiger partial charge is 0.280 e. The van der Waals surface area contributed by atoms with E-state index >= 15 is 0 Å². The van der Waals surface area contributed by atoms with Crippen LogP contribution in [0.5, 0.6) is 0 Å². The third-order valence-corrected chi connectivity index (χ3v) is 3.29. The number of imidazole rings is 2. The van der Waals surface area contributed by atoms with Crippen molar-refractivity contribution in [2.75, 3.05) is 0 Å². The molecule has 0 bridgehead atoms. The van der Waals surface area contributed by atoms with Gasteiger partial charge in [-0.3, -0.25) is 0 Å². The van der Waals surface area contributed by atoms with Crippen LogP contribution in [0.15, 0.2) is 29.9 Å². The third-order valence-electron chi connectivity index (χ3n) is 2.10. The summed E-state index contributed by atoms with van der Waals surface area (Å²) in [6.45, 7) is 0.447. The van der Waals surface area contributed by atoms with E-state index in [-0.39, 0.29) is 5.03 Å². The number of halogens is 1. The molecule has 2 aromatic rings. The van der Waals surface area contributed by atoms with Crippen LogP contribution in [-0.4, -0.2) is 27.5 Å². The molecule has 0 amide bonds. The normalized spacial score (nSPS) is 11.9. The molecule has 16 heavy (non-hydrogen) atoms. The molecule has 0 aliphatic carbocycles. The largest absolute Gasteiger partial charge is 0.337 e. The van der Waals surface area contributed by atoms with Crippen LogP contribution in [0.2, 0.25) is 0 Å². The van der Waals surface area contributed by atoms with Crippen molar-refractivity contribution >= 4 is 19.7 Å². The zero-order chi connectivity index (χ0) is 11.8. The van der Waals surface area contributed by atoms with Gasteiger partial charge in [0.2, 0.25) is 0 Å². The summed E-state index contributed by atoms with van der Waals surface area (Å²) >= 11 is 0. The minimum Gasteiger partial charge on any atom is -0.337 e. The van der Waals surface area contributed by atoms with E-state index < -0.39 is 9.05 Å². The summed E-state index contributed by atoms with van der Waals surface area (Å²) in [6, 6.07) is 0. The molecule has 0 spiro atoms. The maximum atomic E-state index is 11.0. The number of hydrogen-bond acceptors (Lipinski definition) is 4. The van der Waals surface area contributed by atoms with Crippen LogP contribution < -0.4 is 0 Å². The summed E-state index contributed by atoms with van der Waals surface area (Å²) in [5.74, 6) is 0.802. The van der Waals surface area contributed by atoms with E-state index in [0.717, 1.165) is 5.82 Å². The van der Waals surface area contributed by atoms with E-state index in [1.54, 1.807) is 10.8 Å². The average molecular weight is 261 g/mol. The van der Waals surface area contributed by atoms with Gasteiger partial charge in [-0.05, 0) is 0 Å². The fraction of sp³-hybridized carbons (Fsp3) is 0.250. The molecule has 8 heteroatoms. The molecule has 2 rings (SSSR count). The van der Waals surface area contributed by atoms with Gasteiger partial charge in [-0.25, -0.2) is 18.4 Å². The molecule has 0 fully saturated rings. The average Bonchev–Trinajstić information content (AvgIpc) is 2.76. The number of nitrogens with zero attached hydrogens (tertiary/aromatic N) is 4. The lowest BCUT2D eigenvalue weighted by molar-refractivity contribution is 0.606. The molecule has 2 aromatic heterocycles. The van der Waals surface area contributed by atoms with Crippen molar-refractivity contribution in [2.45, 2.75) is 11.6 Å². The second-order valence-corrected chi connectivity index (χ2v) is 5.79. The summed E-state index contributed by atoms with van der Waals surface area (Å²) in [6.07, 6.45) is 6.26. The highest BCUT2D eigenvalue weighted by molar-refractivity contribution is 8.13. The van der Waals surface area contributed by atoms with Crippen molar-refractivity contribution < 1.29 is 8.42 Å². The first-order valence-corrected chi connectivity index (χ1v) is 6.70. The predicted molar refractivity (Wildman–Crippen MR) is 57.6 cm³/mol. The molecule has 6 nitrogen and oxygen atoms in total. The van der Waals surface area contributed by atoms with Gasteiger partial charge in [0.15, 0.2) is 5.03 Å².